The molecule has 0 aliphatic rings. The number of anilines is 1. The molecule has 2 aromatic heterocycles. The maximum Gasteiger partial charge on any atom is 0.311 e. The summed E-state index contributed by atoms with van der Waals surface area (Å²) in [7, 11) is 1.78. The van der Waals surface area contributed by atoms with Crippen molar-refractivity contribution in [3.63, 3.8) is 0 Å². The van der Waals surface area contributed by atoms with Gasteiger partial charge in [-0.3, -0.25) is 14.8 Å². The zero-order valence-corrected chi connectivity index (χ0v) is 13.2. The summed E-state index contributed by atoms with van der Waals surface area (Å²) in [6.07, 6.45) is 5.27. The van der Waals surface area contributed by atoms with E-state index in [0.717, 1.165) is 5.56 Å². The van der Waals surface area contributed by atoms with Crippen LogP contribution in [-0.4, -0.2) is 26.7 Å². The van der Waals surface area contributed by atoms with Crippen molar-refractivity contribution in [1.82, 2.24) is 14.8 Å². The van der Waals surface area contributed by atoms with Crippen molar-refractivity contribution < 1.29 is 4.92 Å². The van der Waals surface area contributed by atoms with E-state index < -0.39 is 4.92 Å². The number of hydrogen-bond donors (Lipinski definition) is 0. The van der Waals surface area contributed by atoms with E-state index in [-0.39, 0.29) is 5.69 Å². The van der Waals surface area contributed by atoms with Crippen molar-refractivity contribution in [3.8, 4) is 0 Å². The number of nitro groups is 1. The van der Waals surface area contributed by atoms with Gasteiger partial charge in [0.1, 0.15) is 0 Å². The first kappa shape index (κ1) is 15.7. The van der Waals surface area contributed by atoms with Gasteiger partial charge in [0, 0.05) is 37.6 Å². The predicted octanol–water partition coefficient (Wildman–Crippen LogP) is 2.87. The van der Waals surface area contributed by atoms with Crippen LogP contribution in [0.25, 0.3) is 0 Å². The highest BCUT2D eigenvalue weighted by atomic mass is 16.6. The SMILES string of the molecule is CN(Cc1cnn(Cc2ccccc2)c1)c1ncccc1[N+](=O)[O-]. The van der Waals surface area contributed by atoms with E-state index >= 15 is 0 Å². The molecule has 7 nitrogen and oxygen atoms in total. The van der Waals surface area contributed by atoms with Gasteiger partial charge in [-0.15, -0.1) is 0 Å². The monoisotopic (exact) mass is 323 g/mol. The lowest BCUT2D eigenvalue weighted by molar-refractivity contribution is -0.384. The molecule has 2 heterocycles. The number of rotatable bonds is 6. The molecule has 3 aromatic rings. The Morgan fingerprint density at radius 3 is 2.71 bits per heavy atom. The van der Waals surface area contributed by atoms with Gasteiger partial charge in [-0.05, 0) is 11.6 Å². The summed E-state index contributed by atoms with van der Waals surface area (Å²) in [6.45, 7) is 1.18. The van der Waals surface area contributed by atoms with E-state index in [4.69, 9.17) is 0 Å². The average molecular weight is 323 g/mol. The molecule has 0 amide bonds. The third kappa shape index (κ3) is 3.57. The van der Waals surface area contributed by atoms with Crippen LogP contribution in [0.4, 0.5) is 11.5 Å². The number of aromatic nitrogens is 3. The van der Waals surface area contributed by atoms with Crippen molar-refractivity contribution >= 4 is 11.5 Å². The molecule has 0 saturated heterocycles. The summed E-state index contributed by atoms with van der Waals surface area (Å²) in [6, 6.07) is 13.1. The van der Waals surface area contributed by atoms with E-state index in [1.54, 1.807) is 30.4 Å². The van der Waals surface area contributed by atoms with Crippen molar-refractivity contribution in [3.05, 3.63) is 82.3 Å². The number of pyridine rings is 1. The second-order valence-corrected chi connectivity index (χ2v) is 5.49. The van der Waals surface area contributed by atoms with Crippen molar-refractivity contribution in [2.75, 3.05) is 11.9 Å². The topological polar surface area (TPSA) is 77.1 Å². The number of nitrogens with zero attached hydrogens (tertiary/aromatic N) is 5. The third-order valence-electron chi connectivity index (χ3n) is 3.62. The summed E-state index contributed by atoms with van der Waals surface area (Å²) in [5.41, 5.74) is 2.13. The van der Waals surface area contributed by atoms with Gasteiger partial charge >= 0.3 is 5.69 Å². The number of benzene rings is 1. The molecule has 0 radical (unpaired) electrons. The summed E-state index contributed by atoms with van der Waals surface area (Å²) < 4.78 is 1.85. The van der Waals surface area contributed by atoms with Gasteiger partial charge in [-0.2, -0.15) is 5.10 Å². The van der Waals surface area contributed by atoms with Gasteiger partial charge < -0.3 is 4.90 Å². The standard InChI is InChI=1S/C17H17N5O2/c1-20(17-16(22(23)24)8-5-9-18-17)11-15-10-19-21(13-15)12-14-6-3-2-4-7-14/h2-10,13H,11-12H2,1H3. The third-order valence-corrected chi connectivity index (χ3v) is 3.62. The molecule has 0 aliphatic heterocycles. The Balaban J connectivity index is 1.72. The molecule has 0 bridgehead atoms. The van der Waals surface area contributed by atoms with E-state index in [2.05, 4.69) is 10.1 Å². The van der Waals surface area contributed by atoms with E-state index in [1.807, 2.05) is 41.2 Å². The fourth-order valence-electron chi connectivity index (χ4n) is 2.52. The van der Waals surface area contributed by atoms with Crippen molar-refractivity contribution in [1.29, 1.82) is 0 Å². The Morgan fingerprint density at radius 2 is 1.96 bits per heavy atom. The van der Waals surface area contributed by atoms with Crippen LogP contribution in [0, 0.1) is 10.1 Å². The minimum absolute atomic E-state index is 0.00308. The van der Waals surface area contributed by atoms with E-state index in [0.29, 0.717) is 18.9 Å². The second-order valence-electron chi connectivity index (χ2n) is 5.49. The first-order chi connectivity index (χ1) is 11.6. The molecule has 122 valence electrons. The first-order valence-corrected chi connectivity index (χ1v) is 7.49. The minimum Gasteiger partial charge on any atom is -0.350 e. The molecule has 0 N–H and O–H groups in total. The Labute approximate surface area is 139 Å². The van der Waals surface area contributed by atoms with Crippen LogP contribution in [0.5, 0.6) is 0 Å². The highest BCUT2D eigenvalue weighted by Gasteiger charge is 2.18. The summed E-state index contributed by atoms with van der Waals surface area (Å²) in [5, 5.41) is 15.5. The van der Waals surface area contributed by atoms with E-state index in [9.17, 15) is 10.1 Å². The Bertz CT molecular complexity index is 832. The van der Waals surface area contributed by atoms with Crippen molar-refractivity contribution in [2.45, 2.75) is 13.1 Å². The van der Waals surface area contributed by atoms with Gasteiger partial charge in [-0.25, -0.2) is 4.98 Å². The average Bonchev–Trinajstić information content (AvgIpc) is 3.02. The maximum absolute atomic E-state index is 11.1. The van der Waals surface area contributed by atoms with E-state index in [1.165, 1.54) is 11.6 Å². The molecule has 24 heavy (non-hydrogen) atoms. The molecule has 0 spiro atoms. The van der Waals surface area contributed by atoms with Gasteiger partial charge in [0.25, 0.3) is 0 Å². The van der Waals surface area contributed by atoms with Crippen LogP contribution >= 0.6 is 0 Å². The highest BCUT2D eigenvalue weighted by molar-refractivity contribution is 5.56. The van der Waals surface area contributed by atoms with Crippen LogP contribution in [0.2, 0.25) is 0 Å². The zero-order chi connectivity index (χ0) is 16.9. The van der Waals surface area contributed by atoms with Crippen LogP contribution in [0.3, 0.4) is 0 Å². The second kappa shape index (κ2) is 6.91. The molecule has 1 aromatic carbocycles. The van der Waals surface area contributed by atoms with Crippen molar-refractivity contribution in [2.24, 2.45) is 0 Å². The Morgan fingerprint density at radius 1 is 1.17 bits per heavy atom. The molecule has 3 rings (SSSR count). The van der Waals surface area contributed by atoms with Gasteiger partial charge in [-0.1, -0.05) is 30.3 Å². The molecule has 0 saturated carbocycles. The first-order valence-electron chi connectivity index (χ1n) is 7.49. The quantitative estimate of drug-likeness (QED) is 0.515. The molecule has 0 fully saturated rings. The highest BCUT2D eigenvalue weighted by Crippen LogP contribution is 2.24. The van der Waals surface area contributed by atoms with Crippen LogP contribution in [0.1, 0.15) is 11.1 Å². The molecule has 0 aliphatic carbocycles. The largest absolute Gasteiger partial charge is 0.350 e. The lowest BCUT2D eigenvalue weighted by atomic mass is 10.2. The summed E-state index contributed by atoms with van der Waals surface area (Å²) in [5.74, 6) is 0.346. The van der Waals surface area contributed by atoms with Gasteiger partial charge in [0.05, 0.1) is 17.7 Å². The molecule has 0 atom stereocenters. The fraction of sp³-hybridized carbons (Fsp3) is 0.176. The Kier molecular flexibility index (Phi) is 4.51. The zero-order valence-electron chi connectivity index (χ0n) is 13.2. The molecular weight excluding hydrogens is 306 g/mol. The van der Waals surface area contributed by atoms with Gasteiger partial charge in [0.15, 0.2) is 0 Å². The maximum atomic E-state index is 11.1. The predicted molar refractivity (Wildman–Crippen MR) is 90.8 cm³/mol. The molecule has 0 unspecified atom stereocenters. The summed E-state index contributed by atoms with van der Waals surface area (Å²) in [4.78, 5) is 16.6. The fourth-order valence-corrected chi connectivity index (χ4v) is 2.52. The van der Waals surface area contributed by atoms with Crippen LogP contribution < -0.4 is 4.90 Å². The van der Waals surface area contributed by atoms with Crippen LogP contribution in [0.15, 0.2) is 61.1 Å². The van der Waals surface area contributed by atoms with Crippen LogP contribution in [-0.2, 0) is 13.1 Å². The summed E-state index contributed by atoms with van der Waals surface area (Å²) >= 11 is 0. The lowest BCUT2D eigenvalue weighted by Gasteiger charge is -2.16. The smallest absolute Gasteiger partial charge is 0.311 e. The van der Waals surface area contributed by atoms with Gasteiger partial charge in [0.2, 0.25) is 5.82 Å². The minimum atomic E-state index is -0.419. The number of hydrogen-bond acceptors (Lipinski definition) is 5. The Hall–Kier alpha value is -3.22. The molecule has 7 heteroatoms. The normalized spacial score (nSPS) is 10.5. The molecular formula is C17H17N5O2. The lowest BCUT2D eigenvalue weighted by Crippen LogP contribution is -2.18.